The Morgan fingerprint density at radius 2 is 2.33 bits per heavy atom. The quantitative estimate of drug-likeness (QED) is 0.584. The van der Waals surface area contributed by atoms with Gasteiger partial charge in [0.2, 0.25) is 0 Å². The van der Waals surface area contributed by atoms with Crippen molar-refractivity contribution in [2.75, 3.05) is 20.1 Å². The molecular formula is C11H21N. The van der Waals surface area contributed by atoms with Crippen LogP contribution in [0.1, 0.15) is 32.6 Å². The molecule has 1 atom stereocenters. The highest BCUT2D eigenvalue weighted by atomic mass is 15.1. The first-order chi connectivity index (χ1) is 5.66. The molecule has 0 spiro atoms. The molecule has 0 N–H and O–H groups in total. The van der Waals surface area contributed by atoms with Gasteiger partial charge in [0.1, 0.15) is 0 Å². The molecule has 0 aliphatic carbocycles. The van der Waals surface area contributed by atoms with Crippen LogP contribution in [0.2, 0.25) is 0 Å². The van der Waals surface area contributed by atoms with Crippen molar-refractivity contribution in [2.45, 2.75) is 32.6 Å². The highest BCUT2D eigenvalue weighted by Gasteiger charge is 2.28. The first kappa shape index (κ1) is 9.79. The van der Waals surface area contributed by atoms with E-state index in [0.717, 1.165) is 0 Å². The Hall–Kier alpha value is -0.300. The molecule has 1 heterocycles. The fourth-order valence-corrected chi connectivity index (χ4v) is 2.24. The van der Waals surface area contributed by atoms with Gasteiger partial charge in [0.15, 0.2) is 0 Å². The number of hydrogen-bond acceptors (Lipinski definition) is 1. The molecule has 1 saturated heterocycles. The van der Waals surface area contributed by atoms with E-state index in [4.69, 9.17) is 0 Å². The van der Waals surface area contributed by atoms with Crippen LogP contribution in [0.3, 0.4) is 0 Å². The second kappa shape index (κ2) is 4.08. The van der Waals surface area contributed by atoms with Crippen LogP contribution >= 0.6 is 0 Å². The summed E-state index contributed by atoms with van der Waals surface area (Å²) in [5.74, 6) is 0. The lowest BCUT2D eigenvalue weighted by Crippen LogP contribution is -2.39. The number of likely N-dealkylation sites (tertiary alicyclic amines) is 1. The minimum absolute atomic E-state index is 0.557. The highest BCUT2D eigenvalue weighted by Crippen LogP contribution is 2.33. The summed E-state index contributed by atoms with van der Waals surface area (Å²) < 4.78 is 0. The molecular weight excluding hydrogens is 146 g/mol. The van der Waals surface area contributed by atoms with E-state index in [1.807, 2.05) is 6.08 Å². The van der Waals surface area contributed by atoms with Crippen LogP contribution in [-0.2, 0) is 0 Å². The Labute approximate surface area is 76.5 Å². The number of rotatable bonds is 3. The number of piperidine rings is 1. The van der Waals surface area contributed by atoms with Gasteiger partial charge in [-0.1, -0.05) is 13.0 Å². The third-order valence-corrected chi connectivity index (χ3v) is 2.92. The SMILES string of the molecule is C=CCCC1(C)CCCN(C)C1. The summed E-state index contributed by atoms with van der Waals surface area (Å²) in [5, 5.41) is 0. The van der Waals surface area contributed by atoms with Crippen molar-refractivity contribution in [1.82, 2.24) is 4.90 Å². The molecule has 1 aliphatic rings. The van der Waals surface area contributed by atoms with E-state index in [1.54, 1.807) is 0 Å². The summed E-state index contributed by atoms with van der Waals surface area (Å²) in [7, 11) is 2.23. The first-order valence-electron chi connectivity index (χ1n) is 4.96. The predicted octanol–water partition coefficient (Wildman–Crippen LogP) is 2.68. The number of hydrogen-bond donors (Lipinski definition) is 0. The van der Waals surface area contributed by atoms with E-state index in [-0.39, 0.29) is 0 Å². The number of nitrogens with zero attached hydrogens (tertiary/aromatic N) is 1. The minimum Gasteiger partial charge on any atom is -0.306 e. The van der Waals surface area contributed by atoms with Gasteiger partial charge in [0, 0.05) is 6.54 Å². The topological polar surface area (TPSA) is 3.24 Å². The van der Waals surface area contributed by atoms with E-state index in [0.29, 0.717) is 5.41 Å². The fourth-order valence-electron chi connectivity index (χ4n) is 2.24. The zero-order valence-corrected chi connectivity index (χ0v) is 8.47. The molecule has 0 aromatic carbocycles. The minimum atomic E-state index is 0.557. The lowest BCUT2D eigenvalue weighted by atomic mass is 9.78. The van der Waals surface area contributed by atoms with Gasteiger partial charge in [-0.05, 0) is 44.7 Å². The van der Waals surface area contributed by atoms with Crippen molar-refractivity contribution in [2.24, 2.45) is 5.41 Å². The maximum atomic E-state index is 3.78. The summed E-state index contributed by atoms with van der Waals surface area (Å²) in [4.78, 5) is 2.45. The molecule has 12 heavy (non-hydrogen) atoms. The van der Waals surface area contributed by atoms with Gasteiger partial charge in [-0.2, -0.15) is 0 Å². The molecule has 1 rings (SSSR count). The summed E-state index contributed by atoms with van der Waals surface area (Å²) in [6, 6.07) is 0. The fraction of sp³-hybridized carbons (Fsp3) is 0.818. The Kier molecular flexibility index (Phi) is 3.33. The molecule has 0 aromatic heterocycles. The molecule has 0 bridgehead atoms. The Bertz CT molecular complexity index is 153. The normalized spacial score (nSPS) is 31.8. The van der Waals surface area contributed by atoms with Crippen molar-refractivity contribution in [3.05, 3.63) is 12.7 Å². The van der Waals surface area contributed by atoms with Crippen LogP contribution in [0.5, 0.6) is 0 Å². The van der Waals surface area contributed by atoms with Crippen LogP contribution in [0.25, 0.3) is 0 Å². The summed E-state index contributed by atoms with van der Waals surface area (Å²) in [6.07, 6.45) is 7.28. The smallest absolute Gasteiger partial charge is 0.00324 e. The number of allylic oxidation sites excluding steroid dienone is 1. The van der Waals surface area contributed by atoms with Crippen LogP contribution < -0.4 is 0 Å². The molecule has 1 nitrogen and oxygen atoms in total. The zero-order valence-electron chi connectivity index (χ0n) is 8.47. The lowest BCUT2D eigenvalue weighted by molar-refractivity contribution is 0.118. The molecule has 0 saturated carbocycles. The second-order valence-electron chi connectivity index (χ2n) is 4.48. The van der Waals surface area contributed by atoms with Crippen molar-refractivity contribution in [3.63, 3.8) is 0 Å². The van der Waals surface area contributed by atoms with Gasteiger partial charge in [0.05, 0.1) is 0 Å². The van der Waals surface area contributed by atoms with E-state index in [2.05, 4.69) is 25.5 Å². The van der Waals surface area contributed by atoms with Gasteiger partial charge >= 0.3 is 0 Å². The molecule has 0 radical (unpaired) electrons. The van der Waals surface area contributed by atoms with Crippen LogP contribution in [-0.4, -0.2) is 25.0 Å². The highest BCUT2D eigenvalue weighted by molar-refractivity contribution is 4.84. The lowest BCUT2D eigenvalue weighted by Gasteiger charge is -2.38. The van der Waals surface area contributed by atoms with Crippen molar-refractivity contribution in [3.8, 4) is 0 Å². The van der Waals surface area contributed by atoms with Gasteiger partial charge in [-0.25, -0.2) is 0 Å². The molecule has 0 aromatic rings. The maximum absolute atomic E-state index is 3.78. The monoisotopic (exact) mass is 167 g/mol. The standard InChI is InChI=1S/C11H21N/c1-4-5-7-11(2)8-6-9-12(3)10-11/h4H,1,5-10H2,2-3H3. The average Bonchev–Trinajstić information content (AvgIpc) is 2.01. The van der Waals surface area contributed by atoms with Gasteiger partial charge in [0.25, 0.3) is 0 Å². The van der Waals surface area contributed by atoms with Gasteiger partial charge < -0.3 is 4.90 Å². The predicted molar refractivity (Wildman–Crippen MR) is 54.3 cm³/mol. The van der Waals surface area contributed by atoms with Crippen LogP contribution in [0, 0.1) is 5.41 Å². The van der Waals surface area contributed by atoms with E-state index < -0.39 is 0 Å². The first-order valence-corrected chi connectivity index (χ1v) is 4.96. The third-order valence-electron chi connectivity index (χ3n) is 2.92. The van der Waals surface area contributed by atoms with Gasteiger partial charge in [-0.3, -0.25) is 0 Å². The average molecular weight is 167 g/mol. The molecule has 1 fully saturated rings. The summed E-state index contributed by atoms with van der Waals surface area (Å²) in [6.45, 7) is 8.74. The van der Waals surface area contributed by atoms with E-state index in [1.165, 1.54) is 38.8 Å². The van der Waals surface area contributed by atoms with Crippen molar-refractivity contribution < 1.29 is 0 Å². The van der Waals surface area contributed by atoms with Crippen molar-refractivity contribution in [1.29, 1.82) is 0 Å². The molecule has 70 valence electrons. The second-order valence-corrected chi connectivity index (χ2v) is 4.48. The Morgan fingerprint density at radius 1 is 1.58 bits per heavy atom. The van der Waals surface area contributed by atoms with E-state index in [9.17, 15) is 0 Å². The largest absolute Gasteiger partial charge is 0.306 e. The third kappa shape index (κ3) is 2.63. The molecule has 1 aliphatic heterocycles. The molecule has 1 heteroatoms. The summed E-state index contributed by atoms with van der Waals surface area (Å²) in [5.41, 5.74) is 0.557. The zero-order chi connectivity index (χ0) is 9.03. The maximum Gasteiger partial charge on any atom is 0.00324 e. The van der Waals surface area contributed by atoms with Crippen LogP contribution in [0.15, 0.2) is 12.7 Å². The Morgan fingerprint density at radius 3 is 2.92 bits per heavy atom. The summed E-state index contributed by atoms with van der Waals surface area (Å²) >= 11 is 0. The Balaban J connectivity index is 2.39. The van der Waals surface area contributed by atoms with E-state index >= 15 is 0 Å². The van der Waals surface area contributed by atoms with Crippen molar-refractivity contribution >= 4 is 0 Å². The van der Waals surface area contributed by atoms with Crippen LogP contribution in [0.4, 0.5) is 0 Å². The van der Waals surface area contributed by atoms with Gasteiger partial charge in [-0.15, -0.1) is 6.58 Å². The molecule has 0 amide bonds. The molecule has 1 unspecified atom stereocenters.